The van der Waals surface area contributed by atoms with E-state index in [-0.39, 0.29) is 5.56 Å². The van der Waals surface area contributed by atoms with Crippen LogP contribution in [-0.2, 0) is 6.42 Å². The largest absolute Gasteiger partial charge is 0.309 e. The van der Waals surface area contributed by atoms with Gasteiger partial charge in [-0.25, -0.2) is 4.98 Å². The highest BCUT2D eigenvalue weighted by atomic mass is 127. The summed E-state index contributed by atoms with van der Waals surface area (Å²) in [5.74, 6) is 0.700. The van der Waals surface area contributed by atoms with Crippen LogP contribution in [0, 0.1) is 10.5 Å². The molecular formula is C12H10BrIN2O. The van der Waals surface area contributed by atoms with Crippen LogP contribution < -0.4 is 5.56 Å². The number of hydrogen-bond acceptors (Lipinski definition) is 2. The van der Waals surface area contributed by atoms with Gasteiger partial charge in [0.2, 0.25) is 0 Å². The summed E-state index contributed by atoms with van der Waals surface area (Å²) in [7, 11) is 0. The van der Waals surface area contributed by atoms with Gasteiger partial charge < -0.3 is 4.98 Å². The summed E-state index contributed by atoms with van der Waals surface area (Å²) < 4.78 is 1.68. The second-order valence-corrected chi connectivity index (χ2v) is 5.71. The van der Waals surface area contributed by atoms with Gasteiger partial charge in [-0.3, -0.25) is 4.79 Å². The molecule has 0 saturated carbocycles. The van der Waals surface area contributed by atoms with Crippen molar-refractivity contribution in [2.45, 2.75) is 13.3 Å². The number of halogens is 2. The van der Waals surface area contributed by atoms with E-state index in [1.807, 2.05) is 53.8 Å². The molecule has 0 unspecified atom stereocenters. The van der Waals surface area contributed by atoms with Crippen molar-refractivity contribution < 1.29 is 0 Å². The molecule has 2 rings (SSSR count). The molecule has 0 spiro atoms. The van der Waals surface area contributed by atoms with Gasteiger partial charge in [-0.15, -0.1) is 0 Å². The molecule has 0 amide bonds. The first-order chi connectivity index (χ1) is 8.06. The van der Waals surface area contributed by atoms with E-state index in [2.05, 4.69) is 25.9 Å². The maximum absolute atomic E-state index is 11.6. The van der Waals surface area contributed by atoms with Crippen LogP contribution in [0.15, 0.2) is 33.5 Å². The zero-order valence-corrected chi connectivity index (χ0v) is 12.9. The molecular weight excluding hydrogens is 395 g/mol. The molecule has 17 heavy (non-hydrogen) atoms. The highest BCUT2D eigenvalue weighted by molar-refractivity contribution is 14.1. The fourth-order valence-corrected chi connectivity index (χ4v) is 2.26. The fourth-order valence-electron chi connectivity index (χ4n) is 1.55. The van der Waals surface area contributed by atoms with Crippen molar-refractivity contribution in [1.29, 1.82) is 0 Å². The number of H-pyrrole nitrogens is 1. The first kappa shape index (κ1) is 12.8. The maximum Gasteiger partial charge on any atom is 0.264 e. The molecule has 0 atom stereocenters. The molecule has 2 aromatic rings. The van der Waals surface area contributed by atoms with Gasteiger partial charge in [-0.05, 0) is 47.2 Å². The second-order valence-electron chi connectivity index (χ2n) is 3.72. The first-order valence-corrected chi connectivity index (χ1v) is 6.93. The Hall–Kier alpha value is -0.690. The predicted octanol–water partition coefficient (Wildman–Crippen LogP) is 3.04. The molecule has 0 aliphatic rings. The third kappa shape index (κ3) is 3.16. The molecule has 0 radical (unpaired) electrons. The van der Waals surface area contributed by atoms with E-state index in [1.165, 1.54) is 0 Å². The van der Waals surface area contributed by atoms with Gasteiger partial charge in [0, 0.05) is 10.9 Å². The molecule has 0 bridgehead atoms. The Balaban J connectivity index is 2.34. The molecule has 3 nitrogen and oxygen atoms in total. The molecule has 0 aliphatic carbocycles. The minimum absolute atomic E-state index is 0.0666. The lowest BCUT2D eigenvalue weighted by molar-refractivity contribution is 0.909. The van der Waals surface area contributed by atoms with E-state index < -0.39 is 0 Å². The summed E-state index contributed by atoms with van der Waals surface area (Å²) >= 11 is 5.43. The summed E-state index contributed by atoms with van der Waals surface area (Å²) in [4.78, 5) is 18.8. The minimum atomic E-state index is -0.0666. The van der Waals surface area contributed by atoms with Crippen molar-refractivity contribution in [3.8, 4) is 0 Å². The molecule has 5 heteroatoms. The molecule has 0 saturated heterocycles. The third-order valence-corrected chi connectivity index (χ3v) is 4.10. The number of aromatic amines is 1. The van der Waals surface area contributed by atoms with Crippen molar-refractivity contribution in [3.63, 3.8) is 0 Å². The molecule has 1 heterocycles. The van der Waals surface area contributed by atoms with E-state index in [0.29, 0.717) is 15.8 Å². The smallest absolute Gasteiger partial charge is 0.264 e. The molecule has 88 valence electrons. The Bertz CT molecular complexity index is 610. The van der Waals surface area contributed by atoms with Crippen LogP contribution in [0.4, 0.5) is 0 Å². The average Bonchev–Trinajstić information content (AvgIpc) is 2.26. The first-order valence-electron chi connectivity index (χ1n) is 5.06. The van der Waals surface area contributed by atoms with Crippen LogP contribution in [0.5, 0.6) is 0 Å². The van der Waals surface area contributed by atoms with Gasteiger partial charge in [0.1, 0.15) is 5.82 Å². The molecule has 1 N–H and O–H groups in total. The Kier molecular flexibility index (Phi) is 3.98. The Morgan fingerprint density at radius 3 is 2.88 bits per heavy atom. The lowest BCUT2D eigenvalue weighted by Gasteiger charge is -2.04. The molecule has 0 fully saturated rings. The highest BCUT2D eigenvalue weighted by Crippen LogP contribution is 2.14. The number of benzene rings is 1. The van der Waals surface area contributed by atoms with Crippen molar-refractivity contribution in [2.75, 3.05) is 0 Å². The van der Waals surface area contributed by atoms with Crippen LogP contribution in [0.3, 0.4) is 0 Å². The number of rotatable bonds is 2. The summed E-state index contributed by atoms with van der Waals surface area (Å²) in [5.41, 5.74) is 1.82. The van der Waals surface area contributed by atoms with E-state index in [4.69, 9.17) is 0 Å². The Morgan fingerprint density at radius 2 is 2.24 bits per heavy atom. The fraction of sp³-hybridized carbons (Fsp3) is 0.167. The van der Waals surface area contributed by atoms with E-state index in [9.17, 15) is 4.79 Å². The summed E-state index contributed by atoms with van der Waals surface area (Å²) in [6.45, 7) is 1.85. The van der Waals surface area contributed by atoms with Gasteiger partial charge in [0.05, 0.1) is 9.26 Å². The summed E-state index contributed by atoms with van der Waals surface area (Å²) in [6.07, 6.45) is 0.631. The van der Waals surface area contributed by atoms with Gasteiger partial charge in [0.15, 0.2) is 0 Å². The quantitative estimate of drug-likeness (QED) is 0.782. The highest BCUT2D eigenvalue weighted by Gasteiger charge is 2.05. The van der Waals surface area contributed by atoms with Crippen LogP contribution in [0.2, 0.25) is 0 Å². The topological polar surface area (TPSA) is 45.8 Å². The number of aryl methyl sites for hydroxylation is 1. The second kappa shape index (κ2) is 5.30. The number of nitrogens with one attached hydrogen (secondary N) is 1. The van der Waals surface area contributed by atoms with Crippen molar-refractivity contribution >= 4 is 38.5 Å². The minimum Gasteiger partial charge on any atom is -0.309 e. The summed E-state index contributed by atoms with van der Waals surface area (Å²) in [6, 6.07) is 7.97. The standard InChI is InChI=1S/C12H10BrIN2O/c1-7-11(14)12(17)16-10(15-7)6-8-3-2-4-9(13)5-8/h2-5H,6H2,1H3,(H,15,16,17). The lowest BCUT2D eigenvalue weighted by atomic mass is 10.1. The van der Waals surface area contributed by atoms with Crippen molar-refractivity contribution in [2.24, 2.45) is 0 Å². The van der Waals surface area contributed by atoms with Gasteiger partial charge in [-0.1, -0.05) is 28.1 Å². The molecule has 1 aromatic heterocycles. The zero-order valence-electron chi connectivity index (χ0n) is 9.13. The summed E-state index contributed by atoms with van der Waals surface area (Å²) in [5, 5.41) is 0. The van der Waals surface area contributed by atoms with Crippen LogP contribution >= 0.6 is 38.5 Å². The van der Waals surface area contributed by atoms with E-state index in [0.717, 1.165) is 15.7 Å². The van der Waals surface area contributed by atoms with Crippen molar-refractivity contribution in [3.05, 3.63) is 59.7 Å². The van der Waals surface area contributed by atoms with Gasteiger partial charge in [0.25, 0.3) is 5.56 Å². The van der Waals surface area contributed by atoms with Crippen LogP contribution in [0.1, 0.15) is 17.1 Å². The average molecular weight is 405 g/mol. The van der Waals surface area contributed by atoms with E-state index in [1.54, 1.807) is 0 Å². The Morgan fingerprint density at radius 1 is 1.47 bits per heavy atom. The third-order valence-electron chi connectivity index (χ3n) is 2.34. The van der Waals surface area contributed by atoms with Crippen molar-refractivity contribution in [1.82, 2.24) is 9.97 Å². The van der Waals surface area contributed by atoms with Crippen LogP contribution in [-0.4, -0.2) is 9.97 Å². The SMILES string of the molecule is Cc1nc(Cc2cccc(Br)c2)[nH]c(=O)c1I. The van der Waals surface area contributed by atoms with E-state index >= 15 is 0 Å². The monoisotopic (exact) mass is 404 g/mol. The Labute approximate surface area is 121 Å². The molecule has 0 aliphatic heterocycles. The number of nitrogens with zero attached hydrogens (tertiary/aromatic N) is 1. The van der Waals surface area contributed by atoms with Gasteiger partial charge in [-0.2, -0.15) is 0 Å². The normalized spacial score (nSPS) is 10.5. The molecule has 1 aromatic carbocycles. The number of hydrogen-bond donors (Lipinski definition) is 1. The number of aromatic nitrogens is 2. The van der Waals surface area contributed by atoms with Crippen LogP contribution in [0.25, 0.3) is 0 Å². The van der Waals surface area contributed by atoms with Gasteiger partial charge >= 0.3 is 0 Å². The predicted molar refractivity (Wildman–Crippen MR) is 79.3 cm³/mol. The zero-order chi connectivity index (χ0) is 12.4. The maximum atomic E-state index is 11.6. The lowest BCUT2D eigenvalue weighted by Crippen LogP contribution is -2.16.